The van der Waals surface area contributed by atoms with Gasteiger partial charge in [0.25, 0.3) is 0 Å². The van der Waals surface area contributed by atoms with Gasteiger partial charge in [0, 0.05) is 19.1 Å². The lowest BCUT2D eigenvalue weighted by atomic mass is 10.1. The molecule has 1 aromatic carbocycles. The molecule has 0 spiro atoms. The summed E-state index contributed by atoms with van der Waals surface area (Å²) in [5, 5.41) is 8.97. The van der Waals surface area contributed by atoms with E-state index in [4.69, 9.17) is 14.7 Å². The van der Waals surface area contributed by atoms with Gasteiger partial charge in [-0.1, -0.05) is 30.3 Å². The van der Waals surface area contributed by atoms with Crippen LogP contribution in [0.4, 0.5) is 0 Å². The molecule has 0 amide bonds. The minimum atomic E-state index is -0.324. The van der Waals surface area contributed by atoms with E-state index in [1.54, 1.807) is 7.11 Å². The molecule has 0 aromatic heterocycles. The van der Waals surface area contributed by atoms with Crippen molar-refractivity contribution in [1.29, 1.82) is 5.26 Å². The monoisotopic (exact) mass is 201 g/mol. The van der Waals surface area contributed by atoms with Gasteiger partial charge >= 0.3 is 0 Å². The second-order valence-corrected chi connectivity index (χ2v) is 3.27. The Kier molecular flexibility index (Phi) is 2.70. The van der Waals surface area contributed by atoms with Gasteiger partial charge in [-0.3, -0.25) is 0 Å². The Hall–Kier alpha value is -1.79. The largest absolute Gasteiger partial charge is 0.463 e. The van der Waals surface area contributed by atoms with Crippen molar-refractivity contribution in [1.82, 2.24) is 0 Å². The molecule has 1 heterocycles. The smallest absolute Gasteiger partial charge is 0.204 e. The van der Waals surface area contributed by atoms with Crippen molar-refractivity contribution in [2.24, 2.45) is 0 Å². The average molecular weight is 201 g/mol. The van der Waals surface area contributed by atoms with Crippen molar-refractivity contribution in [2.75, 3.05) is 7.11 Å². The molecule has 1 aliphatic heterocycles. The first kappa shape index (κ1) is 9.75. The second kappa shape index (κ2) is 4.16. The van der Waals surface area contributed by atoms with Crippen LogP contribution in [-0.2, 0) is 9.47 Å². The van der Waals surface area contributed by atoms with E-state index in [0.29, 0.717) is 17.8 Å². The number of nitriles is 1. The molecule has 15 heavy (non-hydrogen) atoms. The molecule has 0 saturated heterocycles. The minimum absolute atomic E-state index is 0.324. The van der Waals surface area contributed by atoms with Crippen LogP contribution in [-0.4, -0.2) is 13.4 Å². The van der Waals surface area contributed by atoms with Gasteiger partial charge in [0.2, 0.25) is 6.29 Å². The summed E-state index contributed by atoms with van der Waals surface area (Å²) < 4.78 is 10.6. The molecule has 3 heteroatoms. The number of ether oxygens (including phenoxy) is 2. The van der Waals surface area contributed by atoms with Gasteiger partial charge in [-0.05, 0) is 0 Å². The summed E-state index contributed by atoms with van der Waals surface area (Å²) in [6, 6.07) is 11.8. The highest BCUT2D eigenvalue weighted by molar-refractivity contribution is 5.68. The summed E-state index contributed by atoms with van der Waals surface area (Å²) in [4.78, 5) is 0. The first-order chi connectivity index (χ1) is 7.35. The fourth-order valence-electron chi connectivity index (χ4n) is 1.56. The molecule has 3 nitrogen and oxygen atoms in total. The molecule has 1 unspecified atom stereocenters. The maximum absolute atomic E-state index is 8.97. The Bertz CT molecular complexity index is 417. The molecule has 0 saturated carbocycles. The topological polar surface area (TPSA) is 42.2 Å². The molecule has 1 aromatic rings. The van der Waals surface area contributed by atoms with E-state index in [-0.39, 0.29) is 6.29 Å². The van der Waals surface area contributed by atoms with Crippen molar-refractivity contribution in [3.63, 3.8) is 0 Å². The Morgan fingerprint density at radius 2 is 2.13 bits per heavy atom. The third kappa shape index (κ3) is 1.85. The fraction of sp³-hybridized carbons (Fsp3) is 0.250. The van der Waals surface area contributed by atoms with Crippen molar-refractivity contribution < 1.29 is 9.47 Å². The van der Waals surface area contributed by atoms with E-state index in [2.05, 4.69) is 6.07 Å². The van der Waals surface area contributed by atoms with Crippen molar-refractivity contribution in [3.05, 3.63) is 41.5 Å². The van der Waals surface area contributed by atoms with Gasteiger partial charge in [-0.2, -0.15) is 5.26 Å². The average Bonchev–Trinajstić information content (AvgIpc) is 2.73. The van der Waals surface area contributed by atoms with Gasteiger partial charge in [-0.25, -0.2) is 0 Å². The number of rotatable bonds is 2. The minimum Gasteiger partial charge on any atom is -0.463 e. The van der Waals surface area contributed by atoms with Crippen molar-refractivity contribution in [3.8, 4) is 6.07 Å². The van der Waals surface area contributed by atoms with E-state index >= 15 is 0 Å². The molecule has 0 bridgehead atoms. The van der Waals surface area contributed by atoms with Crippen LogP contribution in [0, 0.1) is 11.3 Å². The van der Waals surface area contributed by atoms with Gasteiger partial charge in [0.15, 0.2) is 0 Å². The third-order valence-corrected chi connectivity index (χ3v) is 2.33. The number of hydrogen-bond acceptors (Lipinski definition) is 3. The third-order valence-electron chi connectivity index (χ3n) is 2.33. The highest BCUT2D eigenvalue weighted by atomic mass is 16.7. The Morgan fingerprint density at radius 3 is 2.73 bits per heavy atom. The summed E-state index contributed by atoms with van der Waals surface area (Å²) in [7, 11) is 1.58. The zero-order valence-corrected chi connectivity index (χ0v) is 8.43. The van der Waals surface area contributed by atoms with Crippen molar-refractivity contribution >= 4 is 5.76 Å². The lowest BCUT2D eigenvalue weighted by Crippen LogP contribution is -2.07. The quantitative estimate of drug-likeness (QED) is 0.737. The predicted octanol–water partition coefficient (Wildman–Crippen LogP) is 2.31. The molecule has 0 N–H and O–H groups in total. The van der Waals surface area contributed by atoms with Gasteiger partial charge in [0.1, 0.15) is 5.76 Å². The molecular formula is C12H11NO2. The van der Waals surface area contributed by atoms with Crippen LogP contribution in [0.15, 0.2) is 35.9 Å². The highest BCUT2D eigenvalue weighted by Crippen LogP contribution is 2.31. The van der Waals surface area contributed by atoms with Gasteiger partial charge in [0.05, 0.1) is 11.6 Å². The summed E-state index contributed by atoms with van der Waals surface area (Å²) in [6.45, 7) is 0. The molecule has 76 valence electrons. The van der Waals surface area contributed by atoms with E-state index in [9.17, 15) is 0 Å². The zero-order valence-electron chi connectivity index (χ0n) is 8.43. The molecule has 0 aliphatic carbocycles. The first-order valence-corrected chi connectivity index (χ1v) is 4.73. The number of benzene rings is 1. The predicted molar refractivity (Wildman–Crippen MR) is 55.5 cm³/mol. The molecule has 1 atom stereocenters. The van der Waals surface area contributed by atoms with Crippen LogP contribution in [0.25, 0.3) is 5.76 Å². The Labute approximate surface area is 88.5 Å². The summed E-state index contributed by atoms with van der Waals surface area (Å²) in [5.41, 5.74) is 1.57. The van der Waals surface area contributed by atoms with Crippen LogP contribution in [0.5, 0.6) is 0 Å². The number of nitrogens with zero attached hydrogens (tertiary/aromatic N) is 1. The standard InChI is InChI=1S/C12H11NO2/c1-14-11-7-10(8-13)12(15-11)9-5-3-2-4-6-9/h2-6,11H,7H2,1H3. The molecule has 1 aliphatic rings. The van der Waals surface area contributed by atoms with Crippen molar-refractivity contribution in [2.45, 2.75) is 12.7 Å². The summed E-state index contributed by atoms with van der Waals surface area (Å²) in [5.74, 6) is 0.643. The molecule has 0 fully saturated rings. The van der Waals surface area contributed by atoms with E-state index in [1.165, 1.54) is 0 Å². The van der Waals surface area contributed by atoms with Crippen LogP contribution in [0.3, 0.4) is 0 Å². The maximum atomic E-state index is 8.97. The van der Waals surface area contributed by atoms with Crippen LogP contribution < -0.4 is 0 Å². The number of hydrogen-bond donors (Lipinski definition) is 0. The first-order valence-electron chi connectivity index (χ1n) is 4.73. The lowest BCUT2D eigenvalue weighted by Gasteiger charge is -2.10. The molecule has 0 radical (unpaired) electrons. The van der Waals surface area contributed by atoms with E-state index < -0.39 is 0 Å². The second-order valence-electron chi connectivity index (χ2n) is 3.27. The maximum Gasteiger partial charge on any atom is 0.204 e. The SMILES string of the molecule is COC1CC(C#N)=C(c2ccccc2)O1. The van der Waals surface area contributed by atoms with Crippen LogP contribution in [0.2, 0.25) is 0 Å². The Morgan fingerprint density at radius 1 is 1.40 bits per heavy atom. The number of methoxy groups -OCH3 is 1. The molecular weight excluding hydrogens is 190 g/mol. The van der Waals surface area contributed by atoms with Gasteiger partial charge in [-0.15, -0.1) is 0 Å². The zero-order chi connectivity index (χ0) is 10.7. The Balaban J connectivity index is 2.33. The normalized spacial score (nSPS) is 19.9. The summed E-state index contributed by atoms with van der Waals surface area (Å²) in [6.07, 6.45) is 0.201. The van der Waals surface area contributed by atoms with Crippen LogP contribution in [0.1, 0.15) is 12.0 Å². The van der Waals surface area contributed by atoms with Gasteiger partial charge < -0.3 is 9.47 Å². The van der Waals surface area contributed by atoms with E-state index in [1.807, 2.05) is 30.3 Å². The summed E-state index contributed by atoms with van der Waals surface area (Å²) >= 11 is 0. The highest BCUT2D eigenvalue weighted by Gasteiger charge is 2.26. The van der Waals surface area contributed by atoms with E-state index in [0.717, 1.165) is 5.56 Å². The lowest BCUT2D eigenvalue weighted by molar-refractivity contribution is -0.0574. The van der Waals surface area contributed by atoms with Crippen LogP contribution >= 0.6 is 0 Å². The fourth-order valence-corrected chi connectivity index (χ4v) is 1.56. The molecule has 2 rings (SSSR count).